The number of halogens is 1. The van der Waals surface area contributed by atoms with Crippen LogP contribution in [0.2, 0.25) is 41.3 Å². The molecule has 0 bridgehead atoms. The maximum atomic E-state index is 4.25. The normalized spacial score (nSPS) is 84.4. The number of benzene rings is 2. The van der Waals surface area contributed by atoms with E-state index in [0.29, 0.717) is 0 Å². The predicted molar refractivity (Wildman–Crippen MR) is 102 cm³/mol. The van der Waals surface area contributed by atoms with E-state index in [1.54, 1.807) is 10.6 Å². The zero-order chi connectivity index (χ0) is 15.7. The van der Waals surface area contributed by atoms with Gasteiger partial charge in [0.15, 0.2) is 0 Å². The van der Waals surface area contributed by atoms with Crippen molar-refractivity contribution < 1.29 is 25.7 Å². The van der Waals surface area contributed by atoms with Crippen LogP contribution in [0.3, 0.4) is 0 Å². The first kappa shape index (κ1) is 12.8. The minimum atomic E-state index is -3.28. The maximum absolute atomic E-state index is 4.25. The minimum absolute atomic E-state index is 0. The summed E-state index contributed by atoms with van der Waals surface area (Å²) in [5, 5.41) is 3.44. The molecular formula is C22H19ClFePPd. The van der Waals surface area contributed by atoms with Crippen LogP contribution in [0.5, 0.6) is 0 Å². The van der Waals surface area contributed by atoms with Crippen LogP contribution >= 0.6 is 20.3 Å². The first-order valence-electron chi connectivity index (χ1n) is 9.79. The summed E-state index contributed by atoms with van der Waals surface area (Å²) in [6.07, 6.45) is 0. The van der Waals surface area contributed by atoms with Crippen LogP contribution in [0.15, 0.2) is 60.7 Å². The molecule has 8 unspecified atom stereocenters. The Morgan fingerprint density at radius 2 is 1.12 bits per heavy atom. The van der Waals surface area contributed by atoms with Crippen molar-refractivity contribution in [2.24, 2.45) is 0 Å². The summed E-state index contributed by atoms with van der Waals surface area (Å²) in [5.74, 6) is 0. The van der Waals surface area contributed by atoms with E-state index >= 15 is 0 Å². The monoisotopic (exact) mass is 511 g/mol. The summed E-state index contributed by atoms with van der Waals surface area (Å²) in [6, 6.07) is 23.7. The predicted octanol–water partition coefficient (Wildman–Crippen LogP) is 5.71. The van der Waals surface area contributed by atoms with Gasteiger partial charge in [-0.15, -0.1) is 12.4 Å². The van der Waals surface area contributed by atoms with E-state index in [0.717, 1.165) is 6.84 Å². The zero-order valence-electron chi connectivity index (χ0n) is 13.9. The Morgan fingerprint density at radius 1 is 0.692 bits per heavy atom. The van der Waals surface area contributed by atoms with Gasteiger partial charge in [0.05, 0.1) is 0 Å². The van der Waals surface area contributed by atoms with Crippen LogP contribution < -0.4 is 10.6 Å². The Bertz CT molecular complexity index is 1480. The first-order valence-corrected chi connectivity index (χ1v) is 18.1. The Labute approximate surface area is 161 Å². The van der Waals surface area contributed by atoms with Gasteiger partial charge in [-0.2, -0.15) is 0 Å². The molecule has 26 heavy (non-hydrogen) atoms. The third-order valence-electron chi connectivity index (χ3n) is 16.8. The molecule has 0 nitrogen and oxygen atoms in total. The summed E-state index contributed by atoms with van der Waals surface area (Å²) < 4.78 is 1.77. The summed E-state index contributed by atoms with van der Waals surface area (Å²) in [5.41, 5.74) is 0. The van der Waals surface area contributed by atoms with E-state index in [4.69, 9.17) is 0 Å². The van der Waals surface area contributed by atoms with E-state index in [1.807, 2.05) is 0 Å². The second-order valence-electron chi connectivity index (χ2n) is 12.6. The van der Waals surface area contributed by atoms with Crippen molar-refractivity contribution in [3.63, 3.8) is 0 Å². The molecule has 2 aromatic carbocycles. The third kappa shape index (κ3) is 0.202. The molecule has 10 saturated heterocycles. The van der Waals surface area contributed by atoms with Gasteiger partial charge in [0.25, 0.3) is 0 Å². The second kappa shape index (κ2) is 1.49. The molecule has 0 saturated carbocycles. The summed E-state index contributed by atoms with van der Waals surface area (Å²) in [6.45, 7) is -3.28. The molecule has 10 aliphatic heterocycles. The van der Waals surface area contributed by atoms with Gasteiger partial charge in [0, 0.05) is 0 Å². The van der Waals surface area contributed by atoms with E-state index in [9.17, 15) is 0 Å². The van der Waals surface area contributed by atoms with Gasteiger partial charge >= 0.3 is 150 Å². The SMILES string of the molecule is Cl.[Pd][C]12[CH]3[CH]4[CH]5[CH]1[Fe]45321678[CH]2[CH]1[CH]6[C]7(P(c1ccccc1)c1ccccc1)[CH]28. The molecule has 12 rings (SSSR count). The number of hydrogen-bond acceptors (Lipinski definition) is 0. The van der Waals surface area contributed by atoms with Gasteiger partial charge in [0.1, 0.15) is 0 Å². The number of hydrogen-bond donors (Lipinski definition) is 0. The van der Waals surface area contributed by atoms with Gasteiger partial charge in [-0.1, -0.05) is 0 Å². The quantitative estimate of drug-likeness (QED) is 0.365. The number of rotatable bonds is 3. The Morgan fingerprint density at radius 3 is 1.38 bits per heavy atom. The fraction of sp³-hybridized carbons (Fsp3) is 0.455. The van der Waals surface area contributed by atoms with Crippen molar-refractivity contribution in [3.8, 4) is 0 Å². The molecule has 2 aromatic rings. The molecule has 0 aliphatic carbocycles. The van der Waals surface area contributed by atoms with Gasteiger partial charge < -0.3 is 0 Å². The van der Waals surface area contributed by atoms with Crippen molar-refractivity contribution in [1.82, 2.24) is 0 Å². The molecule has 137 valence electrons. The second-order valence-corrected chi connectivity index (χ2v) is 40.6. The average Bonchev–Trinajstić information content (AvgIpc) is 3.60. The summed E-state index contributed by atoms with van der Waals surface area (Å²) >= 11 is 4.25. The molecule has 1 spiro atoms. The molecule has 10 aliphatic rings. The van der Waals surface area contributed by atoms with Crippen molar-refractivity contribution in [2.45, 2.75) is 45.4 Å². The van der Waals surface area contributed by atoms with Crippen LogP contribution in [0.4, 0.5) is 0 Å². The fourth-order valence-electron chi connectivity index (χ4n) is 18.3. The van der Waals surface area contributed by atoms with Crippen molar-refractivity contribution in [2.75, 3.05) is 0 Å². The van der Waals surface area contributed by atoms with Crippen LogP contribution in [0.1, 0.15) is 0 Å². The first-order chi connectivity index (χ1) is 12.0. The number of fused-ring (bicyclic) bond motifs is 10. The molecule has 8 atom stereocenters. The van der Waals surface area contributed by atoms with Gasteiger partial charge in [-0.25, -0.2) is 0 Å². The van der Waals surface area contributed by atoms with E-state index in [1.165, 1.54) is 38.5 Å². The van der Waals surface area contributed by atoms with Gasteiger partial charge in [-0.05, 0) is 0 Å². The van der Waals surface area contributed by atoms with Crippen molar-refractivity contribution in [1.29, 1.82) is 0 Å². The van der Waals surface area contributed by atoms with Crippen LogP contribution in [0.25, 0.3) is 0 Å². The molecule has 4 heteroatoms. The van der Waals surface area contributed by atoms with E-state index < -0.39 is 6.51 Å². The molecular weight excluding hydrogens is 493 g/mol. The molecule has 10 fully saturated rings. The van der Waals surface area contributed by atoms with Crippen LogP contribution in [-0.2, 0) is 25.7 Å². The van der Waals surface area contributed by atoms with Crippen LogP contribution in [0, 0.1) is 0 Å². The van der Waals surface area contributed by atoms with Crippen LogP contribution in [-0.4, -0.2) is 4.05 Å². The fourth-order valence-corrected chi connectivity index (χ4v) is 120. The van der Waals surface area contributed by atoms with Crippen molar-refractivity contribution in [3.05, 3.63) is 60.7 Å². The Hall–Kier alpha value is 0.342. The van der Waals surface area contributed by atoms with E-state index in [-0.39, 0.29) is 20.3 Å². The standard InChI is InChI=1S/C17H14P.C5H4.ClH.Fe.Pd/c1-3-9-15(10-4-1)18(17-13-7-8-14-17)16-11-5-2-6-12-16;1-2-4-5-3-1;;;/h1-14H;1-4H;1H;;. The molecule has 0 N–H and O–H groups in total. The zero-order valence-corrected chi connectivity index (χ0v) is 18.3. The topological polar surface area (TPSA) is 0 Å². The van der Waals surface area contributed by atoms with Gasteiger partial charge in [0.2, 0.25) is 0 Å². The molecule has 0 aromatic heterocycles. The Balaban J connectivity index is 0.00000108. The van der Waals surface area contributed by atoms with E-state index in [2.05, 4.69) is 79.9 Å². The van der Waals surface area contributed by atoms with Crippen molar-refractivity contribution >= 4 is 30.9 Å². The van der Waals surface area contributed by atoms with Gasteiger partial charge in [-0.3, -0.25) is 0 Å². The summed E-state index contributed by atoms with van der Waals surface area (Å²) in [7, 11) is -0.124. The average molecular weight is 512 g/mol. The molecule has 0 amide bonds. The molecule has 0 radical (unpaired) electrons. The summed E-state index contributed by atoms with van der Waals surface area (Å²) in [4.78, 5) is 10.8. The third-order valence-corrected chi connectivity index (χ3v) is 73.2. The Kier molecular flexibility index (Phi) is 0.735. The molecule has 10 heterocycles.